The van der Waals surface area contributed by atoms with E-state index in [1.165, 1.54) is 0 Å². The molecular weight excluding hydrogens is 390 g/mol. The van der Waals surface area contributed by atoms with Crippen LogP contribution in [-0.4, -0.2) is 61.4 Å². The maximum Gasteiger partial charge on any atom is 0.272 e. The van der Waals surface area contributed by atoms with E-state index in [-0.39, 0.29) is 5.91 Å². The number of nitrogen functional groups attached to an aromatic ring is 1. The smallest absolute Gasteiger partial charge is 0.272 e. The highest BCUT2D eigenvalue weighted by Crippen LogP contribution is 2.19. The predicted octanol–water partition coefficient (Wildman–Crippen LogP) is 2.36. The van der Waals surface area contributed by atoms with Crippen molar-refractivity contribution in [2.24, 2.45) is 0 Å². The molecule has 0 atom stereocenters. The van der Waals surface area contributed by atoms with Gasteiger partial charge in [-0.2, -0.15) is 0 Å². The topological polar surface area (TPSA) is 93.2 Å². The molecule has 1 fully saturated rings. The number of hydrogen-bond acceptors (Lipinski definition) is 6. The third-order valence-electron chi connectivity index (χ3n) is 5.60. The van der Waals surface area contributed by atoms with Gasteiger partial charge in [-0.05, 0) is 24.3 Å². The number of piperazine rings is 1. The summed E-state index contributed by atoms with van der Waals surface area (Å²) in [4.78, 5) is 30.6. The lowest BCUT2D eigenvalue weighted by atomic mass is 10.2. The van der Waals surface area contributed by atoms with Crippen LogP contribution in [0, 0.1) is 0 Å². The SMILES string of the molecule is Nc1nc(CN2CCN(C(=O)c3cncn3-c3ccccc3)CC2)nc2ccccc12. The van der Waals surface area contributed by atoms with Gasteiger partial charge in [0.15, 0.2) is 0 Å². The molecule has 5 rings (SSSR count). The molecule has 1 aliphatic rings. The number of benzene rings is 2. The Morgan fingerprint density at radius 1 is 0.935 bits per heavy atom. The Morgan fingerprint density at radius 2 is 1.68 bits per heavy atom. The van der Waals surface area contributed by atoms with Crippen LogP contribution in [0.25, 0.3) is 16.6 Å². The van der Waals surface area contributed by atoms with Gasteiger partial charge in [-0.1, -0.05) is 30.3 Å². The number of nitrogens with two attached hydrogens (primary N) is 1. The fourth-order valence-electron chi connectivity index (χ4n) is 3.94. The molecule has 2 aromatic heterocycles. The first-order valence-corrected chi connectivity index (χ1v) is 10.3. The Balaban J connectivity index is 1.25. The molecule has 8 heteroatoms. The number of amides is 1. The van der Waals surface area contributed by atoms with Gasteiger partial charge < -0.3 is 10.6 Å². The number of anilines is 1. The zero-order chi connectivity index (χ0) is 21.2. The van der Waals surface area contributed by atoms with Gasteiger partial charge in [-0.3, -0.25) is 14.3 Å². The third-order valence-corrected chi connectivity index (χ3v) is 5.60. The zero-order valence-electron chi connectivity index (χ0n) is 17.1. The Hall–Kier alpha value is -3.78. The van der Waals surface area contributed by atoms with Crippen LogP contribution in [0.1, 0.15) is 16.3 Å². The van der Waals surface area contributed by atoms with E-state index in [9.17, 15) is 4.79 Å². The Morgan fingerprint density at radius 3 is 2.48 bits per heavy atom. The van der Waals surface area contributed by atoms with E-state index < -0.39 is 0 Å². The highest BCUT2D eigenvalue weighted by Gasteiger charge is 2.25. The molecule has 0 unspecified atom stereocenters. The summed E-state index contributed by atoms with van der Waals surface area (Å²) >= 11 is 0. The molecule has 0 saturated carbocycles. The van der Waals surface area contributed by atoms with Crippen LogP contribution < -0.4 is 5.73 Å². The van der Waals surface area contributed by atoms with Crippen LogP contribution in [0.4, 0.5) is 5.82 Å². The number of para-hydroxylation sites is 2. The van der Waals surface area contributed by atoms with E-state index in [1.807, 2.05) is 64.1 Å². The van der Waals surface area contributed by atoms with Gasteiger partial charge in [0.05, 0.1) is 24.6 Å². The number of fused-ring (bicyclic) bond motifs is 1. The Bertz CT molecular complexity index is 1210. The minimum absolute atomic E-state index is 0.00722. The predicted molar refractivity (Wildman–Crippen MR) is 119 cm³/mol. The van der Waals surface area contributed by atoms with Gasteiger partial charge in [0.2, 0.25) is 0 Å². The van der Waals surface area contributed by atoms with Crippen LogP contribution in [0.2, 0.25) is 0 Å². The van der Waals surface area contributed by atoms with Crippen LogP contribution >= 0.6 is 0 Å². The minimum Gasteiger partial charge on any atom is -0.383 e. The van der Waals surface area contributed by atoms with Crippen molar-refractivity contribution in [2.45, 2.75) is 6.54 Å². The van der Waals surface area contributed by atoms with Gasteiger partial charge in [0.1, 0.15) is 17.3 Å². The summed E-state index contributed by atoms with van der Waals surface area (Å²) < 4.78 is 1.83. The summed E-state index contributed by atoms with van der Waals surface area (Å²) in [6.45, 7) is 3.39. The molecule has 1 aliphatic heterocycles. The van der Waals surface area contributed by atoms with Crippen molar-refractivity contribution < 1.29 is 4.79 Å². The first kappa shape index (κ1) is 19.2. The van der Waals surface area contributed by atoms with Crippen molar-refractivity contribution >= 4 is 22.6 Å². The summed E-state index contributed by atoms with van der Waals surface area (Å²) in [7, 11) is 0. The minimum atomic E-state index is -0.00722. The number of carbonyl (C=O) groups is 1. The highest BCUT2D eigenvalue weighted by atomic mass is 16.2. The van der Waals surface area contributed by atoms with E-state index in [4.69, 9.17) is 5.73 Å². The average Bonchev–Trinajstić information content (AvgIpc) is 3.30. The second-order valence-corrected chi connectivity index (χ2v) is 7.60. The summed E-state index contributed by atoms with van der Waals surface area (Å²) in [6, 6.07) is 17.5. The van der Waals surface area contributed by atoms with Crippen molar-refractivity contribution in [2.75, 3.05) is 31.9 Å². The molecule has 2 aromatic carbocycles. The molecule has 0 bridgehead atoms. The number of nitrogens with zero attached hydrogens (tertiary/aromatic N) is 6. The molecule has 2 N–H and O–H groups in total. The lowest BCUT2D eigenvalue weighted by Gasteiger charge is -2.34. The number of aromatic nitrogens is 4. The van der Waals surface area contributed by atoms with Gasteiger partial charge in [0.25, 0.3) is 5.91 Å². The molecule has 3 heterocycles. The summed E-state index contributed by atoms with van der Waals surface area (Å²) in [6.07, 6.45) is 3.31. The van der Waals surface area contributed by atoms with Gasteiger partial charge >= 0.3 is 0 Å². The third kappa shape index (κ3) is 3.85. The quantitative estimate of drug-likeness (QED) is 0.552. The van der Waals surface area contributed by atoms with Crippen molar-refractivity contribution in [3.05, 3.63) is 78.6 Å². The Labute approximate surface area is 180 Å². The van der Waals surface area contributed by atoms with Crippen molar-refractivity contribution in [3.8, 4) is 5.69 Å². The first-order valence-electron chi connectivity index (χ1n) is 10.3. The van der Waals surface area contributed by atoms with E-state index in [0.29, 0.717) is 37.0 Å². The van der Waals surface area contributed by atoms with E-state index in [1.54, 1.807) is 12.5 Å². The van der Waals surface area contributed by atoms with Crippen molar-refractivity contribution in [1.29, 1.82) is 0 Å². The number of carbonyl (C=O) groups excluding carboxylic acids is 1. The molecule has 156 valence electrons. The lowest BCUT2D eigenvalue weighted by molar-refractivity contribution is 0.0618. The number of hydrogen-bond donors (Lipinski definition) is 1. The standard InChI is InChI=1S/C23H23N7O/c24-22-18-8-4-5-9-19(18)26-21(27-22)15-28-10-12-29(13-11-28)23(31)20-14-25-16-30(20)17-6-2-1-3-7-17/h1-9,14,16H,10-13,15H2,(H2,24,26,27). The molecule has 0 spiro atoms. The van der Waals surface area contributed by atoms with Gasteiger partial charge in [0, 0.05) is 37.3 Å². The van der Waals surface area contributed by atoms with Crippen molar-refractivity contribution in [3.63, 3.8) is 0 Å². The molecule has 31 heavy (non-hydrogen) atoms. The molecule has 1 amide bonds. The number of rotatable bonds is 4. The van der Waals surface area contributed by atoms with Crippen LogP contribution in [-0.2, 0) is 6.54 Å². The normalized spacial score (nSPS) is 14.8. The van der Waals surface area contributed by atoms with E-state index in [0.717, 1.165) is 29.7 Å². The molecule has 0 radical (unpaired) electrons. The van der Waals surface area contributed by atoms with Gasteiger partial charge in [-0.25, -0.2) is 15.0 Å². The number of imidazole rings is 1. The summed E-state index contributed by atoms with van der Waals surface area (Å²) in [5.74, 6) is 1.20. The van der Waals surface area contributed by atoms with E-state index >= 15 is 0 Å². The largest absolute Gasteiger partial charge is 0.383 e. The lowest BCUT2D eigenvalue weighted by Crippen LogP contribution is -2.48. The molecule has 0 aliphatic carbocycles. The first-order chi connectivity index (χ1) is 15.2. The summed E-state index contributed by atoms with van der Waals surface area (Å²) in [5, 5.41) is 0.872. The van der Waals surface area contributed by atoms with Crippen LogP contribution in [0.15, 0.2) is 67.1 Å². The molecular formula is C23H23N7O. The second kappa shape index (κ2) is 8.16. The monoisotopic (exact) mass is 413 g/mol. The molecule has 4 aromatic rings. The fraction of sp³-hybridized carbons (Fsp3) is 0.217. The van der Waals surface area contributed by atoms with Crippen molar-refractivity contribution in [1.82, 2.24) is 29.3 Å². The fourth-order valence-corrected chi connectivity index (χ4v) is 3.94. The second-order valence-electron chi connectivity index (χ2n) is 7.60. The highest BCUT2D eigenvalue weighted by molar-refractivity contribution is 5.93. The molecule has 1 saturated heterocycles. The average molecular weight is 413 g/mol. The zero-order valence-corrected chi connectivity index (χ0v) is 17.1. The Kier molecular flexibility index (Phi) is 5.05. The summed E-state index contributed by atoms with van der Waals surface area (Å²) in [5.41, 5.74) is 8.46. The van der Waals surface area contributed by atoms with Crippen LogP contribution in [0.5, 0.6) is 0 Å². The molecule has 8 nitrogen and oxygen atoms in total. The van der Waals surface area contributed by atoms with E-state index in [2.05, 4.69) is 19.9 Å². The van der Waals surface area contributed by atoms with Crippen LogP contribution in [0.3, 0.4) is 0 Å². The maximum atomic E-state index is 13.1. The maximum absolute atomic E-state index is 13.1. The van der Waals surface area contributed by atoms with Gasteiger partial charge in [-0.15, -0.1) is 0 Å².